The quantitative estimate of drug-likeness (QED) is 0.0321. The standard InChI is InChI=1S/C58H111NO5/c1-3-5-7-9-11-13-15-17-19-21-23-26-30-34-38-42-46-50-56(61)55(54-60)59-57(62)51-47-43-39-35-31-27-25-29-33-37-41-45-49-53-64-58(63)52-48-44-40-36-32-28-24-22-20-18-16-14-12-10-8-6-4-2/h18,20,46,50,55-56,60-61H,3-17,19,21-45,47-49,51-54H2,1-2H3,(H,59,62)/b20-18-,50-46+. The first-order chi connectivity index (χ1) is 31.5. The molecule has 2 unspecified atom stereocenters. The van der Waals surface area contributed by atoms with Crippen LogP contribution in [0.3, 0.4) is 0 Å². The SMILES string of the molecule is CCCCCCCC/C=C\CCCCCCCCCC(=O)OCCCCCCCCCCCCCCCC(=O)NC(CO)C(O)/C=C/CCCCCCCCCCCCCCCCC. The third-order valence-electron chi connectivity index (χ3n) is 13.2. The van der Waals surface area contributed by atoms with Gasteiger partial charge in [-0.3, -0.25) is 9.59 Å². The molecule has 0 aromatic rings. The first-order valence-electron chi connectivity index (χ1n) is 28.6. The number of hydrogen-bond acceptors (Lipinski definition) is 5. The molecule has 0 aromatic carbocycles. The Hall–Kier alpha value is -1.66. The highest BCUT2D eigenvalue weighted by Crippen LogP contribution is 2.17. The van der Waals surface area contributed by atoms with Crippen LogP contribution in [0.1, 0.15) is 309 Å². The van der Waals surface area contributed by atoms with Crippen molar-refractivity contribution < 1.29 is 24.5 Å². The zero-order chi connectivity index (χ0) is 46.5. The first kappa shape index (κ1) is 62.3. The minimum Gasteiger partial charge on any atom is -0.466 e. The Morgan fingerprint density at radius 2 is 0.734 bits per heavy atom. The molecule has 1 amide bonds. The van der Waals surface area contributed by atoms with E-state index in [0.29, 0.717) is 19.4 Å². The molecule has 0 saturated heterocycles. The van der Waals surface area contributed by atoms with E-state index in [4.69, 9.17) is 4.74 Å². The fourth-order valence-corrected chi connectivity index (χ4v) is 8.81. The Kier molecular flexibility index (Phi) is 52.6. The summed E-state index contributed by atoms with van der Waals surface area (Å²) in [7, 11) is 0. The molecule has 2 atom stereocenters. The molecule has 0 aliphatic carbocycles. The van der Waals surface area contributed by atoms with Gasteiger partial charge in [0.2, 0.25) is 5.91 Å². The minimum atomic E-state index is -0.853. The smallest absolute Gasteiger partial charge is 0.305 e. The van der Waals surface area contributed by atoms with Gasteiger partial charge in [0.25, 0.3) is 0 Å². The van der Waals surface area contributed by atoms with Gasteiger partial charge in [0.05, 0.1) is 25.4 Å². The molecule has 3 N–H and O–H groups in total. The summed E-state index contributed by atoms with van der Waals surface area (Å²) in [6.07, 6.45) is 64.7. The van der Waals surface area contributed by atoms with Gasteiger partial charge in [-0.15, -0.1) is 0 Å². The molecule has 0 radical (unpaired) electrons. The normalized spacial score (nSPS) is 12.8. The second-order valence-electron chi connectivity index (χ2n) is 19.6. The zero-order valence-electron chi connectivity index (χ0n) is 43.0. The van der Waals surface area contributed by atoms with Crippen LogP contribution in [0.2, 0.25) is 0 Å². The maximum atomic E-state index is 12.5. The second-order valence-corrected chi connectivity index (χ2v) is 19.6. The molecule has 0 spiro atoms. The third-order valence-corrected chi connectivity index (χ3v) is 13.2. The van der Waals surface area contributed by atoms with Gasteiger partial charge >= 0.3 is 5.97 Å². The lowest BCUT2D eigenvalue weighted by Crippen LogP contribution is -2.45. The monoisotopic (exact) mass is 902 g/mol. The third kappa shape index (κ3) is 49.8. The van der Waals surface area contributed by atoms with Gasteiger partial charge in [-0.1, -0.05) is 263 Å². The first-order valence-corrected chi connectivity index (χ1v) is 28.6. The van der Waals surface area contributed by atoms with Crippen molar-refractivity contribution in [2.24, 2.45) is 0 Å². The van der Waals surface area contributed by atoms with E-state index < -0.39 is 12.1 Å². The Bertz CT molecular complexity index is 997. The molecule has 0 saturated carbocycles. The van der Waals surface area contributed by atoms with Crippen molar-refractivity contribution in [3.63, 3.8) is 0 Å². The van der Waals surface area contributed by atoms with Crippen LogP contribution in [0.5, 0.6) is 0 Å². The van der Waals surface area contributed by atoms with Gasteiger partial charge in [-0.05, 0) is 57.8 Å². The Morgan fingerprint density at radius 1 is 0.422 bits per heavy atom. The summed E-state index contributed by atoms with van der Waals surface area (Å²) in [6.45, 7) is 4.88. The molecule has 378 valence electrons. The molecule has 6 nitrogen and oxygen atoms in total. The van der Waals surface area contributed by atoms with Gasteiger partial charge in [0.1, 0.15) is 0 Å². The second kappa shape index (κ2) is 54.0. The Labute approximate surface area is 399 Å². The van der Waals surface area contributed by atoms with E-state index in [1.165, 1.54) is 225 Å². The van der Waals surface area contributed by atoms with Crippen molar-refractivity contribution in [1.82, 2.24) is 5.32 Å². The summed E-state index contributed by atoms with van der Waals surface area (Å²) in [5, 5.41) is 23.1. The Balaban J connectivity index is 3.47. The number of unbranched alkanes of at least 4 members (excludes halogenated alkanes) is 40. The highest BCUT2D eigenvalue weighted by Gasteiger charge is 2.18. The van der Waals surface area contributed by atoms with E-state index in [9.17, 15) is 19.8 Å². The van der Waals surface area contributed by atoms with E-state index in [1.807, 2.05) is 6.08 Å². The molecule has 0 rings (SSSR count). The number of ether oxygens (including phenoxy) is 1. The number of aliphatic hydroxyl groups is 2. The number of esters is 1. The molecule has 0 aliphatic rings. The van der Waals surface area contributed by atoms with Crippen molar-refractivity contribution in [2.75, 3.05) is 13.2 Å². The number of aliphatic hydroxyl groups excluding tert-OH is 2. The predicted octanol–water partition coefficient (Wildman–Crippen LogP) is 17.5. The topological polar surface area (TPSA) is 95.9 Å². The van der Waals surface area contributed by atoms with Crippen LogP contribution >= 0.6 is 0 Å². The van der Waals surface area contributed by atoms with Crippen LogP contribution in [0.15, 0.2) is 24.3 Å². The molecular weight excluding hydrogens is 791 g/mol. The van der Waals surface area contributed by atoms with Gasteiger partial charge in [-0.25, -0.2) is 0 Å². The molecule has 0 aromatic heterocycles. The van der Waals surface area contributed by atoms with E-state index in [2.05, 4.69) is 31.3 Å². The lowest BCUT2D eigenvalue weighted by atomic mass is 10.0. The van der Waals surface area contributed by atoms with Gasteiger partial charge in [0.15, 0.2) is 0 Å². The fraction of sp³-hybridized carbons (Fsp3) is 0.897. The zero-order valence-corrected chi connectivity index (χ0v) is 43.0. The minimum absolute atomic E-state index is 0.00987. The summed E-state index contributed by atoms with van der Waals surface area (Å²) in [6, 6.07) is -0.638. The van der Waals surface area contributed by atoms with Crippen LogP contribution in [-0.4, -0.2) is 47.4 Å². The van der Waals surface area contributed by atoms with Crippen LogP contribution in [-0.2, 0) is 14.3 Å². The molecular formula is C58H111NO5. The lowest BCUT2D eigenvalue weighted by molar-refractivity contribution is -0.143. The number of allylic oxidation sites excluding steroid dienone is 3. The molecule has 64 heavy (non-hydrogen) atoms. The van der Waals surface area contributed by atoms with Gasteiger partial charge in [0, 0.05) is 12.8 Å². The summed E-state index contributed by atoms with van der Waals surface area (Å²) < 4.78 is 5.48. The van der Waals surface area contributed by atoms with Crippen molar-refractivity contribution in [3.8, 4) is 0 Å². The highest BCUT2D eigenvalue weighted by atomic mass is 16.5. The lowest BCUT2D eigenvalue weighted by Gasteiger charge is -2.20. The fourth-order valence-electron chi connectivity index (χ4n) is 8.81. The van der Waals surface area contributed by atoms with Crippen LogP contribution in [0.4, 0.5) is 0 Å². The van der Waals surface area contributed by atoms with Gasteiger partial charge in [-0.2, -0.15) is 0 Å². The predicted molar refractivity (Wildman–Crippen MR) is 278 cm³/mol. The van der Waals surface area contributed by atoms with E-state index >= 15 is 0 Å². The highest BCUT2D eigenvalue weighted by molar-refractivity contribution is 5.76. The number of rotatable bonds is 53. The number of nitrogens with one attached hydrogen (secondary N) is 1. The van der Waals surface area contributed by atoms with Crippen LogP contribution in [0.25, 0.3) is 0 Å². The number of amides is 1. The van der Waals surface area contributed by atoms with Crippen molar-refractivity contribution >= 4 is 11.9 Å². The maximum Gasteiger partial charge on any atom is 0.305 e. The van der Waals surface area contributed by atoms with Crippen molar-refractivity contribution in [1.29, 1.82) is 0 Å². The van der Waals surface area contributed by atoms with Crippen LogP contribution in [0, 0.1) is 0 Å². The summed E-state index contributed by atoms with van der Waals surface area (Å²) >= 11 is 0. The molecule has 0 bridgehead atoms. The summed E-state index contributed by atoms with van der Waals surface area (Å²) in [5.74, 6) is -0.0890. The Morgan fingerprint density at radius 3 is 1.11 bits per heavy atom. The molecule has 0 fully saturated rings. The maximum absolute atomic E-state index is 12.5. The molecule has 6 heteroatoms. The number of carbonyl (C=O) groups is 2. The van der Waals surface area contributed by atoms with Gasteiger partial charge < -0.3 is 20.3 Å². The summed E-state index contributed by atoms with van der Waals surface area (Å²) in [5.41, 5.74) is 0. The number of hydrogen-bond donors (Lipinski definition) is 3. The molecule has 0 aliphatic heterocycles. The molecule has 0 heterocycles. The van der Waals surface area contributed by atoms with Crippen molar-refractivity contribution in [2.45, 2.75) is 321 Å². The van der Waals surface area contributed by atoms with E-state index in [-0.39, 0.29) is 18.5 Å². The average Bonchev–Trinajstić information content (AvgIpc) is 3.29. The van der Waals surface area contributed by atoms with E-state index in [1.54, 1.807) is 6.08 Å². The number of carbonyl (C=O) groups excluding carboxylic acids is 2. The average molecular weight is 903 g/mol. The summed E-state index contributed by atoms with van der Waals surface area (Å²) in [4.78, 5) is 24.5. The van der Waals surface area contributed by atoms with E-state index in [0.717, 1.165) is 57.8 Å². The largest absolute Gasteiger partial charge is 0.466 e. The van der Waals surface area contributed by atoms with Crippen LogP contribution < -0.4 is 5.32 Å². The van der Waals surface area contributed by atoms with Crippen molar-refractivity contribution in [3.05, 3.63) is 24.3 Å².